The Morgan fingerprint density at radius 3 is 2.61 bits per heavy atom. The Morgan fingerprint density at radius 2 is 2.00 bits per heavy atom. The summed E-state index contributed by atoms with van der Waals surface area (Å²) in [4.78, 5) is 4.40. The molecule has 0 spiro atoms. The number of pyridine rings is 1. The van der Waals surface area contributed by atoms with Crippen molar-refractivity contribution in [3.63, 3.8) is 0 Å². The summed E-state index contributed by atoms with van der Waals surface area (Å²) in [6, 6.07) is 6.64. The minimum absolute atomic E-state index is 0.288. The highest BCUT2D eigenvalue weighted by Crippen LogP contribution is 2.14. The molecule has 0 saturated carbocycles. The molecular weight excluding hydrogens is 309 g/mol. The molecule has 0 amide bonds. The summed E-state index contributed by atoms with van der Waals surface area (Å²) < 4.78 is 7.24. The highest BCUT2D eigenvalue weighted by atomic mass is 28.3. The summed E-state index contributed by atoms with van der Waals surface area (Å²) in [7, 11) is -2.72. The molecule has 0 fully saturated rings. The van der Waals surface area contributed by atoms with Crippen LogP contribution < -0.4 is 5.46 Å². The summed E-state index contributed by atoms with van der Waals surface area (Å²) in [5.41, 5.74) is 2.27. The van der Waals surface area contributed by atoms with Gasteiger partial charge in [0.25, 0.3) is 0 Å². The van der Waals surface area contributed by atoms with Gasteiger partial charge in [0, 0.05) is 32.0 Å². The molecule has 2 aromatic heterocycles. The normalized spacial score (nSPS) is 11.7. The van der Waals surface area contributed by atoms with Gasteiger partial charge >= 0.3 is 7.12 Å². The number of ether oxygens (including phenoxy) is 1. The van der Waals surface area contributed by atoms with E-state index in [2.05, 4.69) is 29.7 Å². The van der Waals surface area contributed by atoms with Crippen LogP contribution in [0.25, 0.3) is 11.4 Å². The van der Waals surface area contributed by atoms with Crippen molar-refractivity contribution in [3.8, 4) is 11.4 Å². The van der Waals surface area contributed by atoms with Gasteiger partial charge in [-0.05, 0) is 25.1 Å². The zero-order valence-electron chi connectivity index (χ0n) is 14.2. The van der Waals surface area contributed by atoms with Gasteiger partial charge in [0.05, 0.1) is 5.69 Å². The molecule has 124 valence electrons. The Kier molecular flexibility index (Phi) is 5.74. The predicted octanol–water partition coefficient (Wildman–Crippen LogP) is 1.25. The monoisotopic (exact) mass is 333 g/mol. The van der Waals surface area contributed by atoms with Gasteiger partial charge in [-0.25, -0.2) is 4.68 Å². The smallest absolute Gasteiger partial charge is 0.423 e. The van der Waals surface area contributed by atoms with Crippen molar-refractivity contribution in [2.75, 3.05) is 6.61 Å². The van der Waals surface area contributed by atoms with E-state index in [9.17, 15) is 10.0 Å². The lowest BCUT2D eigenvalue weighted by atomic mass is 9.80. The van der Waals surface area contributed by atoms with E-state index in [-0.39, 0.29) is 6.73 Å². The molecule has 2 heterocycles. The van der Waals surface area contributed by atoms with Gasteiger partial charge in [0.1, 0.15) is 12.4 Å². The molecule has 2 N–H and O–H groups in total. The molecule has 0 atom stereocenters. The van der Waals surface area contributed by atoms with E-state index in [1.807, 2.05) is 19.1 Å². The maximum absolute atomic E-state index is 9.57. The van der Waals surface area contributed by atoms with Crippen molar-refractivity contribution in [1.82, 2.24) is 14.8 Å². The van der Waals surface area contributed by atoms with Gasteiger partial charge in [-0.3, -0.25) is 4.98 Å². The van der Waals surface area contributed by atoms with E-state index < -0.39 is 15.2 Å². The van der Waals surface area contributed by atoms with E-state index >= 15 is 0 Å². The number of rotatable bonds is 7. The van der Waals surface area contributed by atoms with Crippen LogP contribution in [0.3, 0.4) is 0 Å². The minimum Gasteiger partial charge on any atom is -0.423 e. The molecule has 2 rings (SSSR count). The van der Waals surface area contributed by atoms with Crippen LogP contribution in [0.1, 0.15) is 5.69 Å². The molecule has 8 heteroatoms. The molecule has 0 saturated heterocycles. The van der Waals surface area contributed by atoms with Crippen molar-refractivity contribution in [2.24, 2.45) is 0 Å². The zero-order valence-corrected chi connectivity index (χ0v) is 15.2. The first-order chi connectivity index (χ1) is 10.8. The maximum Gasteiger partial charge on any atom is 0.492 e. The van der Waals surface area contributed by atoms with Crippen molar-refractivity contribution in [3.05, 3.63) is 30.1 Å². The number of hydrogen-bond acceptors (Lipinski definition) is 5. The quantitative estimate of drug-likeness (QED) is 0.589. The average molecular weight is 333 g/mol. The second kappa shape index (κ2) is 7.39. The van der Waals surface area contributed by atoms with Gasteiger partial charge in [-0.1, -0.05) is 25.7 Å². The Bertz CT molecular complexity index is 656. The molecule has 6 nitrogen and oxygen atoms in total. The molecule has 2 aromatic rings. The van der Waals surface area contributed by atoms with Gasteiger partial charge in [-0.2, -0.15) is 5.10 Å². The molecule has 23 heavy (non-hydrogen) atoms. The van der Waals surface area contributed by atoms with Crippen molar-refractivity contribution < 1.29 is 14.8 Å². The third-order valence-corrected chi connectivity index (χ3v) is 5.12. The van der Waals surface area contributed by atoms with E-state index in [1.165, 1.54) is 0 Å². The number of nitrogens with zero attached hydrogens (tertiary/aromatic N) is 3. The summed E-state index contributed by atoms with van der Waals surface area (Å²) in [5, 5.41) is 23.5. The van der Waals surface area contributed by atoms with Crippen LogP contribution in [-0.2, 0) is 11.5 Å². The molecule has 0 aliphatic carbocycles. The topological polar surface area (TPSA) is 80.4 Å². The molecule has 0 bridgehead atoms. The fraction of sp³-hybridized carbons (Fsp3) is 0.467. The lowest BCUT2D eigenvalue weighted by Gasteiger charge is -2.15. The Labute approximate surface area is 138 Å². The van der Waals surface area contributed by atoms with Crippen LogP contribution in [0, 0.1) is 6.92 Å². The fourth-order valence-electron chi connectivity index (χ4n) is 2.10. The predicted molar refractivity (Wildman–Crippen MR) is 94.1 cm³/mol. The maximum atomic E-state index is 9.57. The van der Waals surface area contributed by atoms with Crippen LogP contribution in [0.15, 0.2) is 24.4 Å². The van der Waals surface area contributed by atoms with E-state index in [0.29, 0.717) is 23.5 Å². The highest BCUT2D eigenvalue weighted by Gasteiger charge is 2.22. The molecule has 0 radical (unpaired) electrons. The van der Waals surface area contributed by atoms with Crippen molar-refractivity contribution >= 4 is 20.7 Å². The Balaban J connectivity index is 2.12. The van der Waals surface area contributed by atoms with E-state index in [0.717, 1.165) is 11.7 Å². The van der Waals surface area contributed by atoms with Crippen molar-refractivity contribution in [1.29, 1.82) is 0 Å². The second-order valence-electron chi connectivity index (χ2n) is 6.86. The van der Waals surface area contributed by atoms with Gasteiger partial charge in [-0.15, -0.1) is 0 Å². The lowest BCUT2D eigenvalue weighted by Crippen LogP contribution is -2.30. The van der Waals surface area contributed by atoms with Gasteiger partial charge in [0.15, 0.2) is 0 Å². The SMILES string of the molecule is Cc1cccc(-c2nn(COCC[Si](C)(C)C)cc2B(O)O)n1. The van der Waals surface area contributed by atoms with Gasteiger partial charge < -0.3 is 14.8 Å². The van der Waals surface area contributed by atoms with Crippen LogP contribution in [0.5, 0.6) is 0 Å². The first-order valence-corrected chi connectivity index (χ1v) is 11.4. The standard InChI is InChI=1S/C15H24BN3O3Si/c1-12-6-5-7-14(17-12)15-13(16(20)21)10-19(18-15)11-22-8-9-23(2,3)4/h5-7,10,20-21H,8-9,11H2,1-4H3. The molecule has 0 aromatic carbocycles. The third-order valence-electron chi connectivity index (χ3n) is 3.42. The first kappa shape index (κ1) is 17.9. The summed E-state index contributed by atoms with van der Waals surface area (Å²) in [5.74, 6) is 0. The summed E-state index contributed by atoms with van der Waals surface area (Å²) in [6.45, 7) is 9.75. The average Bonchev–Trinajstić information content (AvgIpc) is 2.87. The molecule has 0 aliphatic rings. The zero-order chi connectivity index (χ0) is 17.0. The van der Waals surface area contributed by atoms with Gasteiger partial charge in [0.2, 0.25) is 0 Å². The Morgan fingerprint density at radius 1 is 1.26 bits per heavy atom. The van der Waals surface area contributed by atoms with E-state index in [1.54, 1.807) is 16.9 Å². The number of hydrogen-bond donors (Lipinski definition) is 2. The largest absolute Gasteiger partial charge is 0.492 e. The van der Waals surface area contributed by atoms with Crippen LogP contribution in [-0.4, -0.2) is 46.6 Å². The minimum atomic E-state index is -1.59. The number of aromatic nitrogens is 3. The third kappa shape index (κ3) is 5.28. The Hall–Kier alpha value is -1.48. The van der Waals surface area contributed by atoms with Crippen LogP contribution in [0.2, 0.25) is 25.7 Å². The summed E-state index contributed by atoms with van der Waals surface area (Å²) >= 11 is 0. The molecule has 0 aliphatic heterocycles. The second-order valence-corrected chi connectivity index (χ2v) is 12.5. The molecular formula is C15H24BN3O3Si. The van der Waals surface area contributed by atoms with E-state index in [4.69, 9.17) is 4.74 Å². The van der Waals surface area contributed by atoms with Crippen LogP contribution >= 0.6 is 0 Å². The van der Waals surface area contributed by atoms with Crippen molar-refractivity contribution in [2.45, 2.75) is 39.3 Å². The molecule has 0 unspecified atom stereocenters. The highest BCUT2D eigenvalue weighted by molar-refractivity contribution is 6.76. The summed E-state index contributed by atoms with van der Waals surface area (Å²) in [6.07, 6.45) is 1.60. The lowest BCUT2D eigenvalue weighted by molar-refractivity contribution is 0.0788. The number of aryl methyl sites for hydroxylation is 1. The van der Waals surface area contributed by atoms with Crippen LogP contribution in [0.4, 0.5) is 0 Å². The fourth-order valence-corrected chi connectivity index (χ4v) is 2.86. The first-order valence-electron chi connectivity index (χ1n) is 7.71.